The van der Waals surface area contributed by atoms with Gasteiger partial charge in [0.15, 0.2) is 5.65 Å². The van der Waals surface area contributed by atoms with Gasteiger partial charge in [-0.15, -0.1) is 0 Å². The Hall–Kier alpha value is -1.69. The summed E-state index contributed by atoms with van der Waals surface area (Å²) in [4.78, 5) is 11.8. The van der Waals surface area contributed by atoms with Gasteiger partial charge in [0.2, 0.25) is 0 Å². The third kappa shape index (κ3) is 2.92. The minimum Gasteiger partial charge on any atom is -0.369 e. The number of likely N-dealkylation sites (tertiary alicyclic amines) is 1. The Morgan fingerprint density at radius 1 is 1.32 bits per heavy atom. The second kappa shape index (κ2) is 6.20. The smallest absolute Gasteiger partial charge is 0.163 e. The predicted molar refractivity (Wildman–Crippen MR) is 89.2 cm³/mol. The first-order valence-corrected chi connectivity index (χ1v) is 8.20. The molecule has 0 amide bonds. The molecular weight excluding hydrogens is 276 g/mol. The van der Waals surface area contributed by atoms with Crippen LogP contribution in [0.25, 0.3) is 11.0 Å². The second-order valence-electron chi connectivity index (χ2n) is 6.58. The molecule has 1 atom stereocenters. The summed E-state index contributed by atoms with van der Waals surface area (Å²) in [5.41, 5.74) is 0.902. The highest BCUT2D eigenvalue weighted by Crippen LogP contribution is 2.23. The van der Waals surface area contributed by atoms with Gasteiger partial charge < -0.3 is 10.2 Å². The van der Waals surface area contributed by atoms with Gasteiger partial charge >= 0.3 is 0 Å². The number of fused-ring (bicyclic) bond motifs is 1. The molecule has 2 aromatic rings. The van der Waals surface area contributed by atoms with E-state index >= 15 is 0 Å². The molecule has 0 bridgehead atoms. The maximum absolute atomic E-state index is 4.71. The van der Waals surface area contributed by atoms with Crippen LogP contribution >= 0.6 is 0 Å². The normalized spacial score (nSPS) is 19.4. The molecule has 1 saturated heterocycles. The van der Waals surface area contributed by atoms with E-state index in [-0.39, 0.29) is 0 Å². The fourth-order valence-corrected chi connectivity index (χ4v) is 3.13. The van der Waals surface area contributed by atoms with E-state index in [2.05, 4.69) is 41.2 Å². The summed E-state index contributed by atoms with van der Waals surface area (Å²) >= 11 is 0. The Balaban J connectivity index is 1.77. The summed E-state index contributed by atoms with van der Waals surface area (Å²) in [7, 11) is 4.15. The van der Waals surface area contributed by atoms with E-state index in [9.17, 15) is 0 Å². The quantitative estimate of drug-likeness (QED) is 0.919. The summed E-state index contributed by atoms with van der Waals surface area (Å²) < 4.78 is 1.82. The molecule has 0 spiro atoms. The molecule has 0 saturated carbocycles. The van der Waals surface area contributed by atoms with Crippen molar-refractivity contribution in [1.29, 1.82) is 0 Å². The molecule has 0 unspecified atom stereocenters. The zero-order valence-electron chi connectivity index (χ0n) is 14.0. The van der Waals surface area contributed by atoms with E-state index in [1.807, 2.05) is 17.9 Å². The molecule has 1 aliphatic rings. The molecule has 0 aliphatic carbocycles. The van der Waals surface area contributed by atoms with Crippen LogP contribution in [0.1, 0.15) is 44.9 Å². The van der Waals surface area contributed by atoms with Crippen molar-refractivity contribution in [2.45, 2.75) is 45.1 Å². The third-order valence-electron chi connectivity index (χ3n) is 4.57. The van der Waals surface area contributed by atoms with Crippen LogP contribution in [0.4, 0.5) is 5.82 Å². The van der Waals surface area contributed by atoms with Crippen molar-refractivity contribution in [1.82, 2.24) is 24.6 Å². The van der Waals surface area contributed by atoms with Crippen molar-refractivity contribution in [3.8, 4) is 0 Å². The van der Waals surface area contributed by atoms with Gasteiger partial charge in [-0.2, -0.15) is 5.10 Å². The SMILES string of the molecule is CC(C)c1nc(NCC[C@H]2CCCN2C)c2cnn(C)c2n1. The van der Waals surface area contributed by atoms with Crippen LogP contribution in [0.3, 0.4) is 0 Å². The molecule has 0 radical (unpaired) electrons. The van der Waals surface area contributed by atoms with Crippen LogP contribution in [-0.4, -0.2) is 50.8 Å². The van der Waals surface area contributed by atoms with E-state index in [0.717, 1.165) is 35.6 Å². The first-order chi connectivity index (χ1) is 10.6. The first-order valence-electron chi connectivity index (χ1n) is 8.20. The van der Waals surface area contributed by atoms with E-state index in [1.54, 1.807) is 0 Å². The molecular formula is C16H26N6. The fraction of sp³-hybridized carbons (Fsp3) is 0.688. The van der Waals surface area contributed by atoms with Crippen molar-refractivity contribution < 1.29 is 0 Å². The van der Waals surface area contributed by atoms with Crippen LogP contribution in [0.2, 0.25) is 0 Å². The van der Waals surface area contributed by atoms with Crippen LogP contribution in [-0.2, 0) is 7.05 Å². The van der Waals surface area contributed by atoms with Crippen molar-refractivity contribution in [2.24, 2.45) is 7.05 Å². The molecule has 3 heterocycles. The highest BCUT2D eigenvalue weighted by molar-refractivity contribution is 5.86. The van der Waals surface area contributed by atoms with Gasteiger partial charge in [0, 0.05) is 25.6 Å². The predicted octanol–water partition coefficient (Wildman–Crippen LogP) is 2.38. The number of nitrogens with zero attached hydrogens (tertiary/aromatic N) is 5. The zero-order valence-corrected chi connectivity index (χ0v) is 14.0. The largest absolute Gasteiger partial charge is 0.369 e. The fourth-order valence-electron chi connectivity index (χ4n) is 3.13. The Morgan fingerprint density at radius 3 is 2.82 bits per heavy atom. The Labute approximate surface area is 131 Å². The number of anilines is 1. The first kappa shape index (κ1) is 15.2. The summed E-state index contributed by atoms with van der Waals surface area (Å²) in [6.45, 7) is 6.40. The molecule has 1 N–H and O–H groups in total. The second-order valence-corrected chi connectivity index (χ2v) is 6.58. The number of aryl methyl sites for hydroxylation is 1. The van der Waals surface area contributed by atoms with E-state index in [1.165, 1.54) is 19.4 Å². The van der Waals surface area contributed by atoms with Crippen LogP contribution in [0.15, 0.2) is 6.20 Å². The highest BCUT2D eigenvalue weighted by atomic mass is 15.3. The third-order valence-corrected chi connectivity index (χ3v) is 4.57. The number of nitrogens with one attached hydrogen (secondary N) is 1. The van der Waals surface area contributed by atoms with Crippen LogP contribution < -0.4 is 5.32 Å². The number of hydrogen-bond donors (Lipinski definition) is 1. The van der Waals surface area contributed by atoms with E-state index in [0.29, 0.717) is 12.0 Å². The van der Waals surface area contributed by atoms with E-state index < -0.39 is 0 Å². The summed E-state index contributed by atoms with van der Waals surface area (Å²) in [6, 6.07) is 0.697. The Bertz CT molecular complexity index is 647. The lowest BCUT2D eigenvalue weighted by atomic mass is 10.1. The minimum atomic E-state index is 0.306. The summed E-state index contributed by atoms with van der Waals surface area (Å²) in [6.07, 6.45) is 5.63. The summed E-state index contributed by atoms with van der Waals surface area (Å²) in [5, 5.41) is 8.84. The minimum absolute atomic E-state index is 0.306. The maximum Gasteiger partial charge on any atom is 0.163 e. The topological polar surface area (TPSA) is 58.9 Å². The average Bonchev–Trinajstić information content (AvgIpc) is 3.06. The number of hydrogen-bond acceptors (Lipinski definition) is 5. The molecule has 0 aromatic carbocycles. The molecule has 1 aliphatic heterocycles. The van der Waals surface area contributed by atoms with E-state index in [4.69, 9.17) is 4.98 Å². The van der Waals surface area contributed by atoms with Gasteiger partial charge in [-0.25, -0.2) is 9.97 Å². The van der Waals surface area contributed by atoms with Gasteiger partial charge in [0.25, 0.3) is 0 Å². The maximum atomic E-state index is 4.71. The zero-order chi connectivity index (χ0) is 15.7. The number of rotatable bonds is 5. The lowest BCUT2D eigenvalue weighted by molar-refractivity contribution is 0.301. The molecule has 6 heteroatoms. The average molecular weight is 302 g/mol. The van der Waals surface area contributed by atoms with Crippen molar-refractivity contribution >= 4 is 16.9 Å². The molecule has 120 valence electrons. The standard InChI is InChI=1S/C16H26N6/c1-11(2)14-19-15(13-10-18-22(4)16(13)20-14)17-8-7-12-6-5-9-21(12)3/h10-12H,5-9H2,1-4H3,(H,17,19,20)/t12-/m1/s1. The Kier molecular flexibility index (Phi) is 4.29. The monoisotopic (exact) mass is 302 g/mol. The van der Waals surface area contributed by atoms with Crippen LogP contribution in [0, 0.1) is 0 Å². The van der Waals surface area contributed by atoms with Gasteiger partial charge in [-0.05, 0) is 32.9 Å². The van der Waals surface area contributed by atoms with Crippen LogP contribution in [0.5, 0.6) is 0 Å². The lowest BCUT2D eigenvalue weighted by Gasteiger charge is -2.19. The van der Waals surface area contributed by atoms with Gasteiger partial charge in [0.05, 0.1) is 11.6 Å². The molecule has 3 rings (SSSR count). The van der Waals surface area contributed by atoms with Gasteiger partial charge in [-0.3, -0.25) is 4.68 Å². The van der Waals surface area contributed by atoms with Crippen molar-refractivity contribution in [3.63, 3.8) is 0 Å². The number of aromatic nitrogens is 4. The van der Waals surface area contributed by atoms with Gasteiger partial charge in [0.1, 0.15) is 11.6 Å². The highest BCUT2D eigenvalue weighted by Gasteiger charge is 2.20. The van der Waals surface area contributed by atoms with Crippen molar-refractivity contribution in [2.75, 3.05) is 25.5 Å². The lowest BCUT2D eigenvalue weighted by Crippen LogP contribution is -2.27. The van der Waals surface area contributed by atoms with Gasteiger partial charge in [-0.1, -0.05) is 13.8 Å². The Morgan fingerprint density at radius 2 is 2.14 bits per heavy atom. The van der Waals surface area contributed by atoms with Crippen molar-refractivity contribution in [3.05, 3.63) is 12.0 Å². The molecule has 22 heavy (non-hydrogen) atoms. The molecule has 6 nitrogen and oxygen atoms in total. The molecule has 2 aromatic heterocycles. The summed E-state index contributed by atoms with van der Waals surface area (Å²) in [5.74, 6) is 2.10. The molecule has 1 fully saturated rings.